The van der Waals surface area contributed by atoms with Gasteiger partial charge in [-0.3, -0.25) is 14.9 Å². The summed E-state index contributed by atoms with van der Waals surface area (Å²) in [6.45, 7) is 4.32. The first-order valence-electron chi connectivity index (χ1n) is 8.54. The molecule has 2 aliphatic rings. The van der Waals surface area contributed by atoms with E-state index in [0.717, 1.165) is 11.1 Å². The SMILES string of the molecule is Cc1ccc(C(=O)N2CCC3(NC(=O)NC3=O)c3ccccc32)cc1C. The van der Waals surface area contributed by atoms with E-state index in [1.807, 2.05) is 50.2 Å². The van der Waals surface area contributed by atoms with Crippen LogP contribution in [0.5, 0.6) is 0 Å². The summed E-state index contributed by atoms with van der Waals surface area (Å²) >= 11 is 0. The van der Waals surface area contributed by atoms with Crippen LogP contribution < -0.4 is 15.5 Å². The Balaban J connectivity index is 1.77. The van der Waals surface area contributed by atoms with Crippen LogP contribution in [0, 0.1) is 13.8 Å². The van der Waals surface area contributed by atoms with Crippen molar-refractivity contribution in [1.29, 1.82) is 0 Å². The zero-order valence-corrected chi connectivity index (χ0v) is 14.6. The molecule has 0 saturated carbocycles. The van der Waals surface area contributed by atoms with Gasteiger partial charge in [0, 0.05) is 24.1 Å². The van der Waals surface area contributed by atoms with Gasteiger partial charge in [-0.1, -0.05) is 24.3 Å². The molecule has 2 aromatic rings. The van der Waals surface area contributed by atoms with Gasteiger partial charge in [0.05, 0.1) is 5.69 Å². The Morgan fingerprint density at radius 3 is 2.54 bits per heavy atom. The Bertz CT molecular complexity index is 953. The maximum Gasteiger partial charge on any atom is 0.322 e. The fraction of sp³-hybridized carbons (Fsp3) is 0.250. The van der Waals surface area contributed by atoms with Crippen molar-refractivity contribution < 1.29 is 14.4 Å². The van der Waals surface area contributed by atoms with Gasteiger partial charge < -0.3 is 10.2 Å². The number of benzene rings is 2. The van der Waals surface area contributed by atoms with Gasteiger partial charge in [0.1, 0.15) is 5.54 Å². The molecule has 0 aromatic heterocycles. The Kier molecular flexibility index (Phi) is 3.57. The average molecular weight is 349 g/mol. The summed E-state index contributed by atoms with van der Waals surface area (Å²) in [6.07, 6.45) is 0.332. The summed E-state index contributed by atoms with van der Waals surface area (Å²) in [5.41, 5.74) is 2.99. The highest BCUT2D eigenvalue weighted by atomic mass is 16.2. The van der Waals surface area contributed by atoms with Crippen LogP contribution in [0.2, 0.25) is 0 Å². The summed E-state index contributed by atoms with van der Waals surface area (Å²) in [5, 5.41) is 5.07. The lowest BCUT2D eigenvalue weighted by Crippen LogP contribution is -2.52. The summed E-state index contributed by atoms with van der Waals surface area (Å²) in [6, 6.07) is 12.4. The van der Waals surface area contributed by atoms with E-state index in [-0.39, 0.29) is 11.8 Å². The van der Waals surface area contributed by atoms with Crippen LogP contribution in [0.4, 0.5) is 10.5 Å². The van der Waals surface area contributed by atoms with Crippen molar-refractivity contribution >= 4 is 23.5 Å². The number of hydrogen-bond donors (Lipinski definition) is 2. The van der Waals surface area contributed by atoms with E-state index >= 15 is 0 Å². The summed E-state index contributed by atoms with van der Waals surface area (Å²) < 4.78 is 0. The lowest BCUT2D eigenvalue weighted by Gasteiger charge is -2.39. The first-order valence-corrected chi connectivity index (χ1v) is 8.54. The van der Waals surface area contributed by atoms with Gasteiger partial charge in [0.2, 0.25) is 0 Å². The van der Waals surface area contributed by atoms with E-state index in [9.17, 15) is 14.4 Å². The second kappa shape index (κ2) is 5.69. The zero-order valence-electron chi connectivity index (χ0n) is 14.6. The number of carbonyl (C=O) groups excluding carboxylic acids is 3. The van der Waals surface area contributed by atoms with Crippen molar-refractivity contribution in [1.82, 2.24) is 10.6 Å². The maximum atomic E-state index is 13.1. The van der Waals surface area contributed by atoms with Crippen molar-refractivity contribution in [3.05, 3.63) is 64.7 Å². The average Bonchev–Trinajstić information content (AvgIpc) is 2.91. The number of nitrogens with one attached hydrogen (secondary N) is 2. The van der Waals surface area contributed by atoms with E-state index < -0.39 is 11.6 Å². The molecule has 0 aliphatic carbocycles. The number of amides is 4. The minimum atomic E-state index is -1.10. The fourth-order valence-corrected chi connectivity index (χ4v) is 3.70. The third-order valence-electron chi connectivity index (χ3n) is 5.31. The predicted molar refractivity (Wildman–Crippen MR) is 97.0 cm³/mol. The van der Waals surface area contributed by atoms with Crippen molar-refractivity contribution in [2.45, 2.75) is 25.8 Å². The molecule has 4 rings (SSSR count). The molecule has 2 aromatic carbocycles. The molecular weight excluding hydrogens is 330 g/mol. The summed E-state index contributed by atoms with van der Waals surface area (Å²) in [5.74, 6) is -0.478. The lowest BCUT2D eigenvalue weighted by molar-refractivity contribution is -0.124. The van der Waals surface area contributed by atoms with Gasteiger partial charge in [-0.05, 0) is 43.2 Å². The van der Waals surface area contributed by atoms with Crippen LogP contribution in [-0.2, 0) is 10.3 Å². The molecule has 2 heterocycles. The van der Waals surface area contributed by atoms with E-state index in [4.69, 9.17) is 0 Å². The van der Waals surface area contributed by atoms with Crippen LogP contribution in [0.15, 0.2) is 42.5 Å². The van der Waals surface area contributed by atoms with Gasteiger partial charge in [0.15, 0.2) is 0 Å². The molecule has 0 radical (unpaired) electrons. The van der Waals surface area contributed by atoms with Gasteiger partial charge in [-0.15, -0.1) is 0 Å². The molecule has 1 spiro atoms. The molecule has 1 unspecified atom stereocenters. The Hall–Kier alpha value is -3.15. The van der Waals surface area contributed by atoms with Crippen LogP contribution in [0.1, 0.15) is 33.5 Å². The molecule has 0 bridgehead atoms. The largest absolute Gasteiger partial charge is 0.322 e. The molecule has 1 saturated heterocycles. The molecule has 26 heavy (non-hydrogen) atoms. The standard InChI is InChI=1S/C20H19N3O3/c1-12-7-8-14(11-13(12)2)17(24)23-10-9-20(18(25)21-19(26)22-20)15-5-3-4-6-16(15)23/h3-8,11H,9-10H2,1-2H3,(H2,21,22,25,26). The van der Waals surface area contributed by atoms with Crippen LogP contribution in [0.3, 0.4) is 0 Å². The van der Waals surface area contributed by atoms with Gasteiger partial charge in [-0.2, -0.15) is 0 Å². The number of fused-ring (bicyclic) bond motifs is 2. The normalized spacial score (nSPS) is 21.4. The minimum absolute atomic E-state index is 0.111. The number of imide groups is 1. The monoisotopic (exact) mass is 349 g/mol. The quantitative estimate of drug-likeness (QED) is 0.776. The molecular formula is C20H19N3O3. The van der Waals surface area contributed by atoms with Crippen molar-refractivity contribution in [3.63, 3.8) is 0 Å². The minimum Gasteiger partial charge on any atom is -0.319 e. The van der Waals surface area contributed by atoms with Crippen molar-refractivity contribution in [3.8, 4) is 0 Å². The second-order valence-electron chi connectivity index (χ2n) is 6.84. The number of rotatable bonds is 1. The highest BCUT2D eigenvalue weighted by Crippen LogP contribution is 2.40. The summed E-state index contributed by atoms with van der Waals surface area (Å²) in [7, 11) is 0. The van der Waals surface area contributed by atoms with E-state index in [1.165, 1.54) is 0 Å². The second-order valence-corrected chi connectivity index (χ2v) is 6.84. The Morgan fingerprint density at radius 2 is 1.85 bits per heavy atom. The number of carbonyl (C=O) groups is 3. The topological polar surface area (TPSA) is 78.5 Å². The van der Waals surface area contributed by atoms with Gasteiger partial charge in [-0.25, -0.2) is 4.79 Å². The van der Waals surface area contributed by atoms with E-state index in [1.54, 1.807) is 11.0 Å². The smallest absolute Gasteiger partial charge is 0.319 e. The number of hydrogen-bond acceptors (Lipinski definition) is 3. The zero-order chi connectivity index (χ0) is 18.5. The highest BCUT2D eigenvalue weighted by molar-refractivity contribution is 6.11. The summed E-state index contributed by atoms with van der Waals surface area (Å²) in [4.78, 5) is 39.0. The van der Waals surface area contributed by atoms with Gasteiger partial charge in [0.25, 0.3) is 11.8 Å². The fourth-order valence-electron chi connectivity index (χ4n) is 3.70. The number of urea groups is 1. The Morgan fingerprint density at radius 1 is 1.08 bits per heavy atom. The first-order chi connectivity index (χ1) is 12.4. The first kappa shape index (κ1) is 16.3. The van der Waals surface area contributed by atoms with Crippen molar-refractivity contribution in [2.24, 2.45) is 0 Å². The van der Waals surface area contributed by atoms with E-state index in [2.05, 4.69) is 10.6 Å². The molecule has 6 nitrogen and oxygen atoms in total. The molecule has 6 heteroatoms. The molecule has 4 amide bonds. The molecule has 1 atom stereocenters. The predicted octanol–water partition coefficient (Wildman–Crippen LogP) is 2.39. The number of para-hydroxylation sites is 1. The van der Waals surface area contributed by atoms with Crippen LogP contribution in [0.25, 0.3) is 0 Å². The van der Waals surface area contributed by atoms with Gasteiger partial charge >= 0.3 is 6.03 Å². The van der Waals surface area contributed by atoms with Crippen LogP contribution >= 0.6 is 0 Å². The molecule has 2 aliphatic heterocycles. The molecule has 132 valence electrons. The molecule has 2 N–H and O–H groups in total. The number of anilines is 1. The highest BCUT2D eigenvalue weighted by Gasteiger charge is 2.51. The third kappa shape index (κ3) is 2.29. The number of nitrogens with zero attached hydrogens (tertiary/aromatic N) is 1. The van der Waals surface area contributed by atoms with Crippen LogP contribution in [-0.4, -0.2) is 24.4 Å². The number of aryl methyl sites for hydroxylation is 2. The Labute approximate surface area is 151 Å². The van der Waals surface area contributed by atoms with E-state index in [0.29, 0.717) is 29.8 Å². The maximum absolute atomic E-state index is 13.1. The third-order valence-corrected chi connectivity index (χ3v) is 5.31. The lowest BCUT2D eigenvalue weighted by atomic mass is 9.82. The molecule has 1 fully saturated rings. The van der Waals surface area contributed by atoms with Crippen molar-refractivity contribution in [2.75, 3.05) is 11.4 Å².